The Morgan fingerprint density at radius 1 is 0.577 bits per heavy atom. The molecule has 142 valence electrons. The largest absolute Gasteiger partial charge is 0.388 e. The van der Waals surface area contributed by atoms with Crippen molar-refractivity contribution in [3.63, 3.8) is 0 Å². The Bertz CT molecular complexity index is 551. The van der Waals surface area contributed by atoms with Crippen LogP contribution in [0.2, 0.25) is 0 Å². The van der Waals surface area contributed by atoms with Crippen molar-refractivity contribution < 1.29 is 29.9 Å². The van der Waals surface area contributed by atoms with Gasteiger partial charge in [-0.25, -0.2) is 0 Å². The van der Waals surface area contributed by atoms with E-state index in [2.05, 4.69) is 0 Å². The van der Waals surface area contributed by atoms with Crippen LogP contribution in [-0.4, -0.2) is 58.1 Å². The number of aliphatic hydroxyl groups is 4. The molecule has 0 saturated heterocycles. The van der Waals surface area contributed by atoms with E-state index in [-0.39, 0.29) is 26.4 Å². The first-order valence-corrected chi connectivity index (χ1v) is 8.53. The molecular formula is C20H26O6. The van der Waals surface area contributed by atoms with Gasteiger partial charge >= 0.3 is 0 Å². The molecule has 0 heterocycles. The summed E-state index contributed by atoms with van der Waals surface area (Å²) in [7, 11) is 0. The lowest BCUT2D eigenvalue weighted by Gasteiger charge is -2.26. The molecule has 6 heteroatoms. The smallest absolute Gasteiger partial charge is 0.111 e. The van der Waals surface area contributed by atoms with E-state index in [1.165, 1.54) is 0 Å². The predicted octanol–water partition coefficient (Wildman–Crippen LogP) is 0.864. The van der Waals surface area contributed by atoms with Gasteiger partial charge in [-0.1, -0.05) is 60.7 Å². The van der Waals surface area contributed by atoms with Gasteiger partial charge in [0.1, 0.15) is 24.4 Å². The molecule has 0 unspecified atom stereocenters. The summed E-state index contributed by atoms with van der Waals surface area (Å²) in [6.07, 6.45) is -5.72. The lowest BCUT2D eigenvalue weighted by atomic mass is 10.0. The second kappa shape index (κ2) is 11.0. The lowest BCUT2D eigenvalue weighted by molar-refractivity contribution is -0.136. The Morgan fingerprint density at radius 2 is 0.923 bits per heavy atom. The Balaban J connectivity index is 1.68. The maximum atomic E-state index is 9.97. The molecule has 4 N–H and O–H groups in total. The molecular weight excluding hydrogens is 336 g/mol. The minimum Gasteiger partial charge on any atom is -0.388 e. The molecule has 26 heavy (non-hydrogen) atoms. The summed E-state index contributed by atoms with van der Waals surface area (Å²) < 4.78 is 10.7. The quantitative estimate of drug-likeness (QED) is 0.473. The van der Waals surface area contributed by atoms with Crippen LogP contribution in [0.4, 0.5) is 0 Å². The molecule has 0 spiro atoms. The highest BCUT2D eigenvalue weighted by atomic mass is 16.5. The van der Waals surface area contributed by atoms with E-state index >= 15 is 0 Å². The molecule has 0 fully saturated rings. The highest BCUT2D eigenvalue weighted by molar-refractivity contribution is 5.14. The zero-order valence-electron chi connectivity index (χ0n) is 14.5. The van der Waals surface area contributed by atoms with Crippen molar-refractivity contribution >= 4 is 0 Å². The summed E-state index contributed by atoms with van der Waals surface area (Å²) in [5.74, 6) is 0. The number of rotatable bonds is 11. The van der Waals surface area contributed by atoms with Crippen molar-refractivity contribution in [2.24, 2.45) is 0 Å². The van der Waals surface area contributed by atoms with Crippen molar-refractivity contribution in [2.45, 2.75) is 37.6 Å². The third-order valence-corrected chi connectivity index (χ3v) is 3.94. The van der Waals surface area contributed by atoms with Gasteiger partial charge in [0.25, 0.3) is 0 Å². The first-order valence-electron chi connectivity index (χ1n) is 8.53. The average molecular weight is 362 g/mol. The summed E-state index contributed by atoms with van der Waals surface area (Å²) in [6, 6.07) is 18.8. The number of benzene rings is 2. The normalized spacial score (nSPS) is 16.0. The molecule has 0 aliphatic rings. The Hall–Kier alpha value is -1.80. The zero-order chi connectivity index (χ0) is 18.8. The van der Waals surface area contributed by atoms with E-state index in [0.29, 0.717) is 0 Å². The Labute approximate surface area is 153 Å². The molecule has 0 saturated carbocycles. The van der Waals surface area contributed by atoms with Gasteiger partial charge in [0.15, 0.2) is 0 Å². The first kappa shape index (κ1) is 20.5. The fourth-order valence-electron chi connectivity index (χ4n) is 2.40. The van der Waals surface area contributed by atoms with Crippen molar-refractivity contribution in [1.29, 1.82) is 0 Å². The van der Waals surface area contributed by atoms with Gasteiger partial charge in [-0.05, 0) is 11.1 Å². The molecule has 0 aliphatic heterocycles. The molecule has 4 atom stereocenters. The van der Waals surface area contributed by atoms with Crippen molar-refractivity contribution in [3.05, 3.63) is 71.8 Å². The first-order chi connectivity index (χ1) is 12.6. The van der Waals surface area contributed by atoms with E-state index in [1.807, 2.05) is 60.7 Å². The minimum atomic E-state index is -1.54. The molecule has 0 amide bonds. The highest BCUT2D eigenvalue weighted by Crippen LogP contribution is 2.09. The fourth-order valence-corrected chi connectivity index (χ4v) is 2.40. The SMILES string of the molecule is O[C@H]([C@H](O)[C@H](O)COCc1ccccc1)[C@@H](O)COCc1ccccc1. The van der Waals surface area contributed by atoms with Crippen molar-refractivity contribution in [3.8, 4) is 0 Å². The maximum Gasteiger partial charge on any atom is 0.111 e. The summed E-state index contributed by atoms with van der Waals surface area (Å²) >= 11 is 0. The van der Waals surface area contributed by atoms with Crippen LogP contribution in [-0.2, 0) is 22.7 Å². The van der Waals surface area contributed by atoms with Gasteiger partial charge in [-0.15, -0.1) is 0 Å². The standard InChI is InChI=1S/C20H26O6/c21-17(13-25-11-15-7-3-1-4-8-15)19(23)20(24)18(22)14-26-12-16-9-5-2-6-10-16/h1-10,17-24H,11-14H2/t17-,18+,19-,20+. The third kappa shape index (κ3) is 6.84. The second-order valence-electron chi connectivity index (χ2n) is 6.12. The fraction of sp³-hybridized carbons (Fsp3) is 0.400. The molecule has 6 nitrogen and oxygen atoms in total. The van der Waals surface area contributed by atoms with Crippen LogP contribution in [0, 0.1) is 0 Å². The van der Waals surface area contributed by atoms with Crippen LogP contribution in [0.1, 0.15) is 11.1 Å². The van der Waals surface area contributed by atoms with Gasteiger partial charge < -0.3 is 29.9 Å². The molecule has 2 aromatic carbocycles. The van der Waals surface area contributed by atoms with Crippen LogP contribution >= 0.6 is 0 Å². The van der Waals surface area contributed by atoms with Crippen LogP contribution in [0.3, 0.4) is 0 Å². The van der Waals surface area contributed by atoms with E-state index < -0.39 is 24.4 Å². The van der Waals surface area contributed by atoms with E-state index in [4.69, 9.17) is 9.47 Å². The number of hydrogen-bond acceptors (Lipinski definition) is 6. The monoisotopic (exact) mass is 362 g/mol. The third-order valence-electron chi connectivity index (χ3n) is 3.94. The van der Waals surface area contributed by atoms with Gasteiger partial charge in [0, 0.05) is 0 Å². The molecule has 0 radical (unpaired) electrons. The molecule has 0 bridgehead atoms. The molecule has 0 aromatic heterocycles. The molecule has 2 aromatic rings. The predicted molar refractivity (Wildman–Crippen MR) is 96.2 cm³/mol. The number of aliphatic hydroxyl groups excluding tert-OH is 4. The zero-order valence-corrected chi connectivity index (χ0v) is 14.5. The maximum absolute atomic E-state index is 9.97. The molecule has 2 rings (SSSR count). The second-order valence-corrected chi connectivity index (χ2v) is 6.12. The topological polar surface area (TPSA) is 99.4 Å². The van der Waals surface area contributed by atoms with Crippen molar-refractivity contribution in [1.82, 2.24) is 0 Å². The number of ether oxygens (including phenoxy) is 2. The van der Waals surface area contributed by atoms with Crippen LogP contribution in [0.15, 0.2) is 60.7 Å². The van der Waals surface area contributed by atoms with Gasteiger partial charge in [0.2, 0.25) is 0 Å². The van der Waals surface area contributed by atoms with Gasteiger partial charge in [0.05, 0.1) is 26.4 Å². The summed E-state index contributed by atoms with van der Waals surface area (Å²) in [4.78, 5) is 0. The lowest BCUT2D eigenvalue weighted by Crippen LogP contribution is -2.47. The van der Waals surface area contributed by atoms with E-state index in [0.717, 1.165) is 11.1 Å². The Morgan fingerprint density at radius 3 is 1.27 bits per heavy atom. The van der Waals surface area contributed by atoms with Gasteiger partial charge in [-0.3, -0.25) is 0 Å². The average Bonchev–Trinajstić information content (AvgIpc) is 2.68. The minimum absolute atomic E-state index is 0.162. The highest BCUT2D eigenvalue weighted by Gasteiger charge is 2.30. The summed E-state index contributed by atoms with van der Waals surface area (Å²) in [6.45, 7) is 0.238. The van der Waals surface area contributed by atoms with Crippen molar-refractivity contribution in [2.75, 3.05) is 13.2 Å². The summed E-state index contributed by atoms with van der Waals surface area (Å²) in [5, 5.41) is 39.8. The van der Waals surface area contributed by atoms with E-state index in [1.54, 1.807) is 0 Å². The van der Waals surface area contributed by atoms with Crippen LogP contribution < -0.4 is 0 Å². The van der Waals surface area contributed by atoms with Crippen LogP contribution in [0.25, 0.3) is 0 Å². The number of hydrogen-bond donors (Lipinski definition) is 4. The van der Waals surface area contributed by atoms with E-state index in [9.17, 15) is 20.4 Å². The van der Waals surface area contributed by atoms with Gasteiger partial charge in [-0.2, -0.15) is 0 Å². The van der Waals surface area contributed by atoms with Crippen LogP contribution in [0.5, 0.6) is 0 Å². The molecule has 0 aliphatic carbocycles. The summed E-state index contributed by atoms with van der Waals surface area (Å²) in [5.41, 5.74) is 1.87. The Kier molecular flexibility index (Phi) is 8.70.